The van der Waals surface area contributed by atoms with Gasteiger partial charge in [0.15, 0.2) is 11.9 Å². The molecule has 6 heteroatoms. The van der Waals surface area contributed by atoms with Gasteiger partial charge in [0.05, 0.1) is 12.7 Å². The molecule has 1 aromatic heterocycles. The topological polar surface area (TPSA) is 85.6 Å². The fourth-order valence-corrected chi connectivity index (χ4v) is 2.62. The first-order valence-electron chi connectivity index (χ1n) is 8.80. The van der Waals surface area contributed by atoms with Crippen molar-refractivity contribution in [1.29, 1.82) is 0 Å². The van der Waals surface area contributed by atoms with Crippen LogP contribution < -0.4 is 5.32 Å². The van der Waals surface area contributed by atoms with Crippen molar-refractivity contribution in [2.24, 2.45) is 0 Å². The summed E-state index contributed by atoms with van der Waals surface area (Å²) in [5.74, 6) is -1.15. The molecule has 0 bridgehead atoms. The van der Waals surface area contributed by atoms with E-state index in [0.29, 0.717) is 11.1 Å². The second-order valence-corrected chi connectivity index (χ2v) is 5.99. The highest BCUT2D eigenvalue weighted by molar-refractivity contribution is 6.01. The van der Waals surface area contributed by atoms with Crippen molar-refractivity contribution in [1.82, 2.24) is 5.32 Å². The van der Waals surface area contributed by atoms with Gasteiger partial charge in [-0.2, -0.15) is 0 Å². The predicted octanol–water partition coefficient (Wildman–Crippen LogP) is 3.57. The summed E-state index contributed by atoms with van der Waals surface area (Å²) in [5.41, 5.74) is 1.04. The van der Waals surface area contributed by atoms with Crippen molar-refractivity contribution in [2.45, 2.75) is 12.5 Å². The summed E-state index contributed by atoms with van der Waals surface area (Å²) in [6, 6.07) is 20.6. The molecule has 142 valence electrons. The maximum atomic E-state index is 12.9. The minimum atomic E-state index is -1.04. The fraction of sp³-hybridized carbons (Fsp3) is 0.136. The number of Topliss-reactive ketones (excluding diaryl/α,β-unsaturated/α-hetero) is 1. The largest absolute Gasteiger partial charge is 0.459 e. The minimum Gasteiger partial charge on any atom is -0.459 e. The number of hydrogen-bond donors (Lipinski definition) is 1. The van der Waals surface area contributed by atoms with Crippen LogP contribution in [0.1, 0.15) is 39.0 Å². The Bertz CT molecular complexity index is 920. The lowest BCUT2D eigenvalue weighted by atomic mass is 10.00. The van der Waals surface area contributed by atoms with Gasteiger partial charge < -0.3 is 14.5 Å². The molecular weight excluding hydrogens is 358 g/mol. The van der Waals surface area contributed by atoms with E-state index in [1.165, 1.54) is 12.3 Å². The number of carbonyl (C=O) groups excluding carboxylic acids is 3. The number of ketones is 1. The molecule has 0 unspecified atom stereocenters. The highest BCUT2D eigenvalue weighted by atomic mass is 16.5. The molecule has 0 radical (unpaired) electrons. The van der Waals surface area contributed by atoms with Gasteiger partial charge >= 0.3 is 5.97 Å². The molecule has 2 aromatic carbocycles. The van der Waals surface area contributed by atoms with Crippen molar-refractivity contribution in [2.75, 3.05) is 6.54 Å². The Morgan fingerprint density at radius 2 is 1.57 bits per heavy atom. The number of amides is 1. The Balaban J connectivity index is 1.63. The van der Waals surface area contributed by atoms with Crippen LogP contribution in [0.25, 0.3) is 0 Å². The van der Waals surface area contributed by atoms with Crippen molar-refractivity contribution in [3.63, 3.8) is 0 Å². The quantitative estimate of drug-likeness (QED) is 0.479. The summed E-state index contributed by atoms with van der Waals surface area (Å²) >= 11 is 0. The Hall–Kier alpha value is -3.67. The van der Waals surface area contributed by atoms with Gasteiger partial charge in [-0.05, 0) is 12.1 Å². The van der Waals surface area contributed by atoms with Gasteiger partial charge in [-0.15, -0.1) is 0 Å². The zero-order chi connectivity index (χ0) is 19.8. The van der Waals surface area contributed by atoms with Crippen molar-refractivity contribution >= 4 is 17.7 Å². The molecule has 0 saturated heterocycles. The third-order valence-electron chi connectivity index (χ3n) is 4.01. The highest BCUT2D eigenvalue weighted by Crippen LogP contribution is 2.23. The SMILES string of the molecule is O=C(CCNC(=O)c1ccco1)O[C@H](C(=O)c1ccccc1)c1ccccc1. The molecule has 0 aliphatic heterocycles. The third kappa shape index (κ3) is 4.94. The van der Waals surface area contributed by atoms with Gasteiger partial charge in [-0.25, -0.2) is 0 Å². The molecule has 0 spiro atoms. The molecular formula is C22H19NO5. The van der Waals surface area contributed by atoms with Crippen LogP contribution in [0.2, 0.25) is 0 Å². The van der Waals surface area contributed by atoms with Crippen LogP contribution >= 0.6 is 0 Å². The molecule has 28 heavy (non-hydrogen) atoms. The molecule has 1 atom stereocenters. The fourth-order valence-electron chi connectivity index (χ4n) is 2.62. The van der Waals surface area contributed by atoms with E-state index >= 15 is 0 Å². The third-order valence-corrected chi connectivity index (χ3v) is 4.01. The van der Waals surface area contributed by atoms with Gasteiger partial charge in [0.2, 0.25) is 5.78 Å². The van der Waals surface area contributed by atoms with E-state index in [2.05, 4.69) is 5.32 Å². The Labute approximate surface area is 162 Å². The van der Waals surface area contributed by atoms with Gasteiger partial charge in [0, 0.05) is 17.7 Å². The summed E-state index contributed by atoms with van der Waals surface area (Å²) in [6.45, 7) is 0.0689. The molecule has 0 saturated carbocycles. The lowest BCUT2D eigenvalue weighted by Gasteiger charge is -2.17. The molecule has 0 aliphatic rings. The zero-order valence-corrected chi connectivity index (χ0v) is 15.0. The standard InChI is InChI=1S/C22H19NO5/c24-19(13-14-23-22(26)18-12-7-15-27-18)28-21(17-10-5-2-6-11-17)20(25)16-8-3-1-4-9-16/h1-12,15,21H,13-14H2,(H,23,26)/t21-/m0/s1. The number of nitrogens with one attached hydrogen (secondary N) is 1. The van der Waals surface area contributed by atoms with Crippen molar-refractivity contribution in [3.05, 3.63) is 95.9 Å². The molecule has 1 N–H and O–H groups in total. The van der Waals surface area contributed by atoms with E-state index in [-0.39, 0.29) is 24.5 Å². The molecule has 1 heterocycles. The van der Waals surface area contributed by atoms with E-state index in [1.807, 2.05) is 12.1 Å². The normalized spacial score (nSPS) is 11.4. The van der Waals surface area contributed by atoms with Crippen LogP contribution in [0.5, 0.6) is 0 Å². The summed E-state index contributed by atoms with van der Waals surface area (Å²) in [4.78, 5) is 37.0. The molecule has 0 fully saturated rings. The Morgan fingerprint density at radius 3 is 2.21 bits per heavy atom. The first-order valence-corrected chi connectivity index (χ1v) is 8.80. The maximum Gasteiger partial charge on any atom is 0.308 e. The first-order chi connectivity index (χ1) is 13.6. The Morgan fingerprint density at radius 1 is 0.893 bits per heavy atom. The number of carbonyl (C=O) groups is 3. The summed E-state index contributed by atoms with van der Waals surface area (Å²) in [6.07, 6.45) is 0.276. The van der Waals surface area contributed by atoms with Crippen LogP contribution in [-0.2, 0) is 9.53 Å². The lowest BCUT2D eigenvalue weighted by Crippen LogP contribution is -2.27. The number of ether oxygens (including phenoxy) is 1. The molecule has 3 aromatic rings. The number of hydrogen-bond acceptors (Lipinski definition) is 5. The van der Waals surface area contributed by atoms with Crippen LogP contribution in [0.15, 0.2) is 83.5 Å². The van der Waals surface area contributed by atoms with E-state index in [0.717, 1.165) is 0 Å². The molecule has 0 aliphatic carbocycles. The average molecular weight is 377 g/mol. The van der Waals surface area contributed by atoms with Crippen LogP contribution in [0, 0.1) is 0 Å². The van der Waals surface area contributed by atoms with Crippen LogP contribution in [-0.4, -0.2) is 24.2 Å². The van der Waals surface area contributed by atoms with E-state index in [4.69, 9.17) is 9.15 Å². The van der Waals surface area contributed by atoms with Crippen molar-refractivity contribution in [3.8, 4) is 0 Å². The molecule has 6 nitrogen and oxygen atoms in total. The van der Waals surface area contributed by atoms with Crippen molar-refractivity contribution < 1.29 is 23.5 Å². The number of rotatable bonds is 8. The second-order valence-electron chi connectivity index (χ2n) is 5.99. The Kier molecular flexibility index (Phi) is 6.36. The van der Waals surface area contributed by atoms with E-state index in [9.17, 15) is 14.4 Å². The van der Waals surface area contributed by atoms with Gasteiger partial charge in [-0.1, -0.05) is 60.7 Å². The first kappa shape index (κ1) is 19.1. The summed E-state index contributed by atoms with van der Waals surface area (Å²) in [7, 11) is 0. The van der Waals surface area contributed by atoms with E-state index < -0.39 is 18.0 Å². The molecule has 1 amide bonds. The highest BCUT2D eigenvalue weighted by Gasteiger charge is 2.26. The number of benzene rings is 2. The second kappa shape index (κ2) is 9.32. The summed E-state index contributed by atoms with van der Waals surface area (Å²) in [5, 5.41) is 2.57. The summed E-state index contributed by atoms with van der Waals surface area (Å²) < 4.78 is 10.4. The maximum absolute atomic E-state index is 12.9. The zero-order valence-electron chi connectivity index (χ0n) is 15.0. The van der Waals surface area contributed by atoms with Gasteiger partial charge in [0.25, 0.3) is 5.91 Å². The number of esters is 1. The lowest BCUT2D eigenvalue weighted by molar-refractivity contribution is -0.147. The van der Waals surface area contributed by atoms with E-state index in [1.54, 1.807) is 54.6 Å². The monoisotopic (exact) mass is 377 g/mol. The minimum absolute atomic E-state index is 0.0689. The van der Waals surface area contributed by atoms with Gasteiger partial charge in [-0.3, -0.25) is 14.4 Å². The van der Waals surface area contributed by atoms with Crippen LogP contribution in [0.4, 0.5) is 0 Å². The molecule has 3 rings (SSSR count). The van der Waals surface area contributed by atoms with Crippen LogP contribution in [0.3, 0.4) is 0 Å². The predicted molar refractivity (Wildman–Crippen MR) is 102 cm³/mol. The smallest absolute Gasteiger partial charge is 0.308 e. The number of furan rings is 1. The van der Waals surface area contributed by atoms with Gasteiger partial charge in [0.1, 0.15) is 0 Å². The average Bonchev–Trinajstić information content (AvgIpc) is 3.28.